The first-order valence-corrected chi connectivity index (χ1v) is 13.8. The number of hydrogen-bond acceptors (Lipinski definition) is 7. The number of likely N-dealkylation sites (tertiary alicyclic amines) is 2. The van der Waals surface area contributed by atoms with Gasteiger partial charge in [-0.15, -0.1) is 0 Å². The van der Waals surface area contributed by atoms with Crippen LogP contribution in [-0.2, 0) is 9.63 Å². The molecule has 8 nitrogen and oxygen atoms in total. The number of ether oxygens (including phenoxy) is 1. The van der Waals surface area contributed by atoms with Crippen LogP contribution in [0.25, 0.3) is 5.70 Å². The molecule has 0 bridgehead atoms. The van der Waals surface area contributed by atoms with Crippen molar-refractivity contribution >= 4 is 18.7 Å². The summed E-state index contributed by atoms with van der Waals surface area (Å²) in [5.41, 5.74) is 1.54. The third-order valence-corrected chi connectivity index (χ3v) is 8.79. The second kappa shape index (κ2) is 11.1. The molecule has 0 radical (unpaired) electrons. The van der Waals surface area contributed by atoms with Gasteiger partial charge in [-0.1, -0.05) is 0 Å². The molecule has 1 aromatic rings. The molecule has 1 amide bonds. The predicted octanol–water partition coefficient (Wildman–Crippen LogP) is 2.70. The molecular weight excluding hydrogens is 493 g/mol. The minimum absolute atomic E-state index is 0.219. The van der Waals surface area contributed by atoms with Gasteiger partial charge in [-0.2, -0.15) is 0 Å². The maximum Gasteiger partial charge on any atom is 0.376 e. The molecule has 5 rings (SSSR count). The van der Waals surface area contributed by atoms with Crippen molar-refractivity contribution in [1.29, 1.82) is 0 Å². The monoisotopic (exact) mass is 532 g/mol. The Balaban J connectivity index is 1.14. The van der Waals surface area contributed by atoms with Crippen molar-refractivity contribution in [2.24, 2.45) is 5.92 Å². The normalized spacial score (nSPS) is 23.9. The molecule has 3 fully saturated rings. The van der Waals surface area contributed by atoms with Gasteiger partial charge in [0.25, 0.3) is 5.91 Å². The zero-order chi connectivity index (χ0) is 26.9. The fraction of sp³-hybridized carbons (Fsp3) is 0.667. The van der Waals surface area contributed by atoms with Gasteiger partial charge in [-0.25, -0.2) is 8.78 Å². The lowest BCUT2D eigenvalue weighted by molar-refractivity contribution is -0.150. The van der Waals surface area contributed by atoms with E-state index in [9.17, 15) is 14.2 Å². The molecule has 0 saturated carbocycles. The highest BCUT2D eigenvalue weighted by atomic mass is 19.1. The molecule has 2 N–H and O–H groups in total. The van der Waals surface area contributed by atoms with E-state index < -0.39 is 24.2 Å². The summed E-state index contributed by atoms with van der Waals surface area (Å²) in [4.78, 5) is 24.5. The van der Waals surface area contributed by atoms with Crippen LogP contribution >= 0.6 is 0 Å². The van der Waals surface area contributed by atoms with Crippen LogP contribution in [0.15, 0.2) is 24.3 Å². The van der Waals surface area contributed by atoms with E-state index in [0.29, 0.717) is 61.9 Å². The van der Waals surface area contributed by atoms with Crippen molar-refractivity contribution in [3.05, 3.63) is 35.7 Å². The molecule has 0 aromatic heterocycles. The van der Waals surface area contributed by atoms with Crippen LogP contribution in [0.2, 0.25) is 6.82 Å². The first-order chi connectivity index (χ1) is 18.2. The fourth-order valence-electron chi connectivity index (χ4n) is 6.38. The molecule has 4 aliphatic heterocycles. The highest BCUT2D eigenvalue weighted by Crippen LogP contribution is 2.41. The Kier molecular flexibility index (Phi) is 8.00. The molecule has 4 aliphatic rings. The number of carbonyl (C=O) groups is 1. The van der Waals surface area contributed by atoms with Crippen molar-refractivity contribution < 1.29 is 28.2 Å². The Labute approximate surface area is 224 Å². The van der Waals surface area contributed by atoms with Crippen molar-refractivity contribution in [2.45, 2.75) is 56.6 Å². The molecule has 1 aromatic carbocycles. The van der Waals surface area contributed by atoms with Crippen LogP contribution in [0, 0.1) is 11.7 Å². The molecular formula is C27H39BF2N4O4. The molecule has 1 spiro atoms. The van der Waals surface area contributed by atoms with Gasteiger partial charge in [0.2, 0.25) is 0 Å². The van der Waals surface area contributed by atoms with E-state index in [-0.39, 0.29) is 18.7 Å². The molecule has 208 valence electrons. The van der Waals surface area contributed by atoms with E-state index in [2.05, 4.69) is 15.2 Å². The van der Waals surface area contributed by atoms with Crippen LogP contribution in [0.4, 0.5) is 8.78 Å². The Hall–Kier alpha value is -2.21. The molecule has 0 aliphatic carbocycles. The van der Waals surface area contributed by atoms with Gasteiger partial charge in [0.1, 0.15) is 17.2 Å². The molecule has 0 atom stereocenters. The Morgan fingerprint density at radius 3 is 2.47 bits per heavy atom. The number of piperidine rings is 3. The zero-order valence-electron chi connectivity index (χ0n) is 22.4. The average molecular weight is 532 g/mol. The quantitative estimate of drug-likeness (QED) is 0.431. The Morgan fingerprint density at radius 1 is 1.16 bits per heavy atom. The predicted molar refractivity (Wildman–Crippen MR) is 141 cm³/mol. The summed E-state index contributed by atoms with van der Waals surface area (Å²) < 4.78 is 36.1. The SMILES string of the molecule is CONC1=CC2(CCN(C(=O)C3(F)CCN(CC4CCN(B(C)O)CC4)CC3)CC2)Oc2ccc(F)cc21. The molecule has 11 heteroatoms. The molecule has 4 heterocycles. The maximum atomic E-state index is 15.9. The summed E-state index contributed by atoms with van der Waals surface area (Å²) >= 11 is 0. The zero-order valence-corrected chi connectivity index (χ0v) is 22.4. The second-order valence-electron chi connectivity index (χ2n) is 11.3. The number of hydrogen-bond donors (Lipinski definition) is 2. The van der Waals surface area contributed by atoms with E-state index in [1.807, 2.05) is 6.08 Å². The Bertz CT molecular complexity index is 1030. The Morgan fingerprint density at radius 2 is 1.84 bits per heavy atom. The lowest BCUT2D eigenvalue weighted by atomic mass is 9.80. The van der Waals surface area contributed by atoms with Gasteiger partial charge in [0, 0.05) is 64.0 Å². The van der Waals surface area contributed by atoms with Gasteiger partial charge >= 0.3 is 7.05 Å². The van der Waals surface area contributed by atoms with E-state index >= 15 is 4.39 Å². The van der Waals surface area contributed by atoms with Crippen molar-refractivity contribution in [3.63, 3.8) is 0 Å². The van der Waals surface area contributed by atoms with E-state index in [0.717, 1.165) is 32.5 Å². The summed E-state index contributed by atoms with van der Waals surface area (Å²) in [6.45, 7) is 6.47. The topological polar surface area (TPSA) is 77.5 Å². The summed E-state index contributed by atoms with van der Waals surface area (Å²) in [7, 11) is 1.09. The van der Waals surface area contributed by atoms with Crippen molar-refractivity contribution in [3.8, 4) is 5.75 Å². The first kappa shape index (κ1) is 27.4. The van der Waals surface area contributed by atoms with Crippen LogP contribution in [0.3, 0.4) is 0 Å². The van der Waals surface area contributed by atoms with Crippen molar-refractivity contribution in [1.82, 2.24) is 20.1 Å². The van der Waals surface area contributed by atoms with Gasteiger partial charge in [-0.3, -0.25) is 15.1 Å². The number of hydroxylamine groups is 1. The van der Waals surface area contributed by atoms with Crippen LogP contribution in [0.5, 0.6) is 5.75 Å². The van der Waals surface area contributed by atoms with Gasteiger partial charge in [0.15, 0.2) is 5.67 Å². The van der Waals surface area contributed by atoms with E-state index in [4.69, 9.17) is 9.57 Å². The minimum Gasteiger partial charge on any atom is -0.482 e. The smallest absolute Gasteiger partial charge is 0.376 e. The lowest BCUT2D eigenvalue weighted by Gasteiger charge is -2.45. The summed E-state index contributed by atoms with van der Waals surface area (Å²) in [5.74, 6) is 0.330. The van der Waals surface area contributed by atoms with E-state index in [1.54, 1.807) is 17.8 Å². The fourth-order valence-corrected chi connectivity index (χ4v) is 6.38. The highest BCUT2D eigenvalue weighted by molar-refractivity contribution is 6.45. The second-order valence-corrected chi connectivity index (χ2v) is 11.3. The standard InChI is InChI=1S/C27H39BF2N4O4/c1-28(36)34-11-5-20(6-12-34)19-32-13-9-27(30,10-14-32)25(35)33-15-7-26(8-16-33)18-23(31-37-2)22-17-21(29)3-4-24(22)38-26/h3-4,17-18,20,31,36H,5-16,19H2,1-2H3. The molecule has 0 unspecified atom stereocenters. The van der Waals surface area contributed by atoms with Gasteiger partial charge < -0.3 is 24.4 Å². The summed E-state index contributed by atoms with van der Waals surface area (Å²) in [6.07, 6.45) is 5.43. The van der Waals surface area contributed by atoms with Crippen LogP contribution in [0.1, 0.15) is 44.1 Å². The minimum atomic E-state index is -1.83. The van der Waals surface area contributed by atoms with Gasteiger partial charge in [-0.05, 0) is 62.9 Å². The number of alkyl halides is 1. The highest BCUT2D eigenvalue weighted by Gasteiger charge is 2.47. The number of benzene rings is 1. The number of nitrogens with one attached hydrogen (secondary N) is 1. The third kappa shape index (κ3) is 5.71. The lowest BCUT2D eigenvalue weighted by Crippen LogP contribution is -2.57. The summed E-state index contributed by atoms with van der Waals surface area (Å²) in [5, 5.41) is 9.76. The number of rotatable bonds is 6. The molecule has 3 saturated heterocycles. The largest absolute Gasteiger partial charge is 0.482 e. The first-order valence-electron chi connectivity index (χ1n) is 13.8. The van der Waals surface area contributed by atoms with E-state index in [1.165, 1.54) is 19.2 Å². The average Bonchev–Trinajstić information content (AvgIpc) is 2.91. The van der Waals surface area contributed by atoms with Gasteiger partial charge in [0.05, 0.1) is 12.8 Å². The number of amides is 1. The van der Waals surface area contributed by atoms with Crippen molar-refractivity contribution in [2.75, 3.05) is 52.9 Å². The summed E-state index contributed by atoms with van der Waals surface area (Å²) in [6, 6.07) is 4.37. The number of nitrogens with zero attached hydrogens (tertiary/aromatic N) is 3. The number of halogens is 2. The third-order valence-electron chi connectivity index (χ3n) is 8.79. The van der Waals surface area contributed by atoms with Crippen LogP contribution < -0.4 is 10.2 Å². The maximum absolute atomic E-state index is 15.9. The number of carbonyl (C=O) groups excluding carboxylic acids is 1. The number of fused-ring (bicyclic) bond motifs is 1. The van der Waals surface area contributed by atoms with Crippen LogP contribution in [-0.4, -0.2) is 96.8 Å². The molecule has 38 heavy (non-hydrogen) atoms.